The van der Waals surface area contributed by atoms with Gasteiger partial charge in [-0.2, -0.15) is 0 Å². The molecule has 0 radical (unpaired) electrons. The summed E-state index contributed by atoms with van der Waals surface area (Å²) in [6.07, 6.45) is 3.74. The van der Waals surface area contributed by atoms with Crippen molar-refractivity contribution in [3.8, 4) is 0 Å². The van der Waals surface area contributed by atoms with Gasteiger partial charge in [-0.25, -0.2) is 4.98 Å². The van der Waals surface area contributed by atoms with E-state index >= 15 is 0 Å². The van der Waals surface area contributed by atoms with Crippen LogP contribution in [0.15, 0.2) is 65.7 Å². The second kappa shape index (κ2) is 7.91. The zero-order chi connectivity index (χ0) is 20.4. The molecule has 1 atom stereocenters. The van der Waals surface area contributed by atoms with Crippen molar-refractivity contribution in [3.05, 3.63) is 77.0 Å². The van der Waals surface area contributed by atoms with Gasteiger partial charge in [-0.15, -0.1) is 0 Å². The van der Waals surface area contributed by atoms with Crippen molar-refractivity contribution in [1.82, 2.24) is 19.4 Å². The number of carbonyl (C=O) groups excluding carboxylic acids is 1. The van der Waals surface area contributed by atoms with Crippen LogP contribution >= 0.6 is 0 Å². The summed E-state index contributed by atoms with van der Waals surface area (Å²) < 4.78 is 4.01. The summed E-state index contributed by atoms with van der Waals surface area (Å²) in [5, 5.41) is 4.29. The van der Waals surface area contributed by atoms with Crippen molar-refractivity contribution in [3.63, 3.8) is 0 Å². The lowest BCUT2D eigenvalue weighted by Crippen LogP contribution is -2.33. The molecular formula is C23H24N4O2. The average molecular weight is 388 g/mol. The predicted molar refractivity (Wildman–Crippen MR) is 115 cm³/mol. The zero-order valence-electron chi connectivity index (χ0n) is 16.6. The van der Waals surface area contributed by atoms with Crippen molar-refractivity contribution in [1.29, 1.82) is 0 Å². The number of imidazole rings is 1. The molecule has 0 saturated carbocycles. The number of para-hydroxylation sites is 2. The summed E-state index contributed by atoms with van der Waals surface area (Å²) in [5.74, 6) is 1.17. The standard InChI is InChI=1S/C23H24N4O2/c1-16(14-26-12-11-24-17(26)2)13-25-22(28)15-27-20-9-5-3-7-18(20)23(29)19-8-4-6-10-21(19)27/h3-12,16H,13-15H2,1-2H3,(H,25,28)/t16-/m0/s1. The van der Waals surface area contributed by atoms with Gasteiger partial charge >= 0.3 is 0 Å². The highest BCUT2D eigenvalue weighted by Crippen LogP contribution is 2.19. The maximum atomic E-state index is 12.8. The number of aryl methyl sites for hydroxylation is 1. The molecule has 0 aliphatic heterocycles. The smallest absolute Gasteiger partial charge is 0.239 e. The van der Waals surface area contributed by atoms with E-state index in [1.54, 1.807) is 6.20 Å². The largest absolute Gasteiger partial charge is 0.354 e. The first kappa shape index (κ1) is 18.9. The van der Waals surface area contributed by atoms with E-state index < -0.39 is 0 Å². The molecule has 0 saturated heterocycles. The lowest BCUT2D eigenvalue weighted by molar-refractivity contribution is -0.121. The monoisotopic (exact) mass is 388 g/mol. The van der Waals surface area contributed by atoms with E-state index in [0.717, 1.165) is 23.4 Å². The molecule has 0 aliphatic rings. The molecule has 1 N–H and O–H groups in total. The normalized spacial score (nSPS) is 12.3. The van der Waals surface area contributed by atoms with E-state index in [0.29, 0.717) is 17.3 Å². The first-order valence-corrected chi connectivity index (χ1v) is 9.79. The fraction of sp³-hybridized carbons (Fsp3) is 0.261. The molecule has 4 rings (SSSR count). The zero-order valence-corrected chi connectivity index (χ0v) is 16.6. The van der Waals surface area contributed by atoms with Crippen LogP contribution in [0.3, 0.4) is 0 Å². The maximum Gasteiger partial charge on any atom is 0.239 e. The molecule has 0 bridgehead atoms. The van der Waals surface area contributed by atoms with Gasteiger partial charge in [0.15, 0.2) is 5.43 Å². The first-order valence-electron chi connectivity index (χ1n) is 9.79. The summed E-state index contributed by atoms with van der Waals surface area (Å²) in [7, 11) is 0. The molecule has 4 aromatic rings. The molecule has 0 fully saturated rings. The van der Waals surface area contributed by atoms with E-state index in [1.807, 2.05) is 66.2 Å². The summed E-state index contributed by atoms with van der Waals surface area (Å²) in [6.45, 7) is 5.61. The summed E-state index contributed by atoms with van der Waals surface area (Å²) in [6, 6.07) is 14.9. The van der Waals surface area contributed by atoms with Crippen LogP contribution in [0.1, 0.15) is 12.7 Å². The quantitative estimate of drug-likeness (QED) is 0.516. The number of nitrogens with zero attached hydrogens (tertiary/aromatic N) is 3. The Hall–Kier alpha value is -3.41. The fourth-order valence-corrected chi connectivity index (χ4v) is 3.73. The molecule has 2 aromatic heterocycles. The minimum absolute atomic E-state index is 0.00261. The topological polar surface area (TPSA) is 68.9 Å². The van der Waals surface area contributed by atoms with Gasteiger partial charge in [0.05, 0.1) is 11.0 Å². The van der Waals surface area contributed by atoms with E-state index in [2.05, 4.69) is 21.8 Å². The third-order valence-corrected chi connectivity index (χ3v) is 5.26. The fourth-order valence-electron chi connectivity index (χ4n) is 3.73. The van der Waals surface area contributed by atoms with Gasteiger partial charge in [0, 0.05) is 36.3 Å². The van der Waals surface area contributed by atoms with Crippen LogP contribution in [0.5, 0.6) is 0 Å². The molecule has 148 valence electrons. The Morgan fingerprint density at radius 3 is 2.28 bits per heavy atom. The van der Waals surface area contributed by atoms with E-state index in [1.165, 1.54) is 0 Å². The van der Waals surface area contributed by atoms with Gasteiger partial charge in [0.25, 0.3) is 0 Å². The molecule has 1 amide bonds. The Balaban J connectivity index is 1.55. The second-order valence-electron chi connectivity index (χ2n) is 7.49. The highest BCUT2D eigenvalue weighted by atomic mass is 16.2. The van der Waals surface area contributed by atoms with Crippen LogP contribution < -0.4 is 10.7 Å². The third kappa shape index (κ3) is 3.78. The number of amides is 1. The number of benzene rings is 2. The minimum atomic E-state index is -0.0711. The Morgan fingerprint density at radius 2 is 1.69 bits per heavy atom. The van der Waals surface area contributed by atoms with Crippen molar-refractivity contribution in [2.24, 2.45) is 5.92 Å². The number of pyridine rings is 1. The van der Waals surface area contributed by atoms with E-state index in [4.69, 9.17) is 0 Å². The lowest BCUT2D eigenvalue weighted by Gasteiger charge is -2.17. The van der Waals surface area contributed by atoms with Crippen molar-refractivity contribution < 1.29 is 4.79 Å². The predicted octanol–water partition coefficient (Wildman–Crippen LogP) is 3.11. The van der Waals surface area contributed by atoms with Crippen molar-refractivity contribution in [2.45, 2.75) is 26.9 Å². The number of hydrogen-bond donors (Lipinski definition) is 1. The molecule has 29 heavy (non-hydrogen) atoms. The average Bonchev–Trinajstić information content (AvgIpc) is 3.14. The number of aromatic nitrogens is 3. The van der Waals surface area contributed by atoms with Crippen LogP contribution in [0, 0.1) is 12.8 Å². The number of hydrogen-bond acceptors (Lipinski definition) is 3. The van der Waals surface area contributed by atoms with Gasteiger partial charge in [-0.05, 0) is 37.1 Å². The van der Waals surface area contributed by atoms with Gasteiger partial charge in [-0.1, -0.05) is 31.2 Å². The Labute approximate surface area is 168 Å². The Kier molecular flexibility index (Phi) is 5.16. The summed E-state index contributed by atoms with van der Waals surface area (Å²) in [4.78, 5) is 29.8. The molecular weight excluding hydrogens is 364 g/mol. The number of nitrogens with one attached hydrogen (secondary N) is 1. The number of rotatable bonds is 6. The summed E-state index contributed by atoms with van der Waals surface area (Å²) in [5.41, 5.74) is 1.54. The van der Waals surface area contributed by atoms with Crippen LogP contribution in [0.25, 0.3) is 21.8 Å². The molecule has 2 heterocycles. The van der Waals surface area contributed by atoms with E-state index in [-0.39, 0.29) is 23.8 Å². The van der Waals surface area contributed by atoms with Crippen LogP contribution in [0.2, 0.25) is 0 Å². The van der Waals surface area contributed by atoms with Crippen molar-refractivity contribution >= 4 is 27.7 Å². The number of fused-ring (bicyclic) bond motifs is 2. The highest BCUT2D eigenvalue weighted by molar-refractivity contribution is 5.94. The van der Waals surface area contributed by atoms with Crippen LogP contribution in [0.4, 0.5) is 0 Å². The minimum Gasteiger partial charge on any atom is -0.354 e. The van der Waals surface area contributed by atoms with Gasteiger partial charge in [-0.3, -0.25) is 9.59 Å². The maximum absolute atomic E-state index is 12.8. The second-order valence-corrected chi connectivity index (χ2v) is 7.49. The Bertz CT molecular complexity index is 1180. The van der Waals surface area contributed by atoms with Crippen LogP contribution in [-0.4, -0.2) is 26.6 Å². The lowest BCUT2D eigenvalue weighted by atomic mass is 10.1. The Morgan fingerprint density at radius 1 is 1.07 bits per heavy atom. The molecule has 2 aromatic carbocycles. The SMILES string of the molecule is Cc1nccn1C[C@@H](C)CNC(=O)Cn1c2ccccc2c(=O)c2ccccc21. The highest BCUT2D eigenvalue weighted by Gasteiger charge is 2.13. The van der Waals surface area contributed by atoms with Gasteiger partial charge in [0.2, 0.25) is 5.91 Å². The molecule has 0 aliphatic carbocycles. The number of carbonyl (C=O) groups is 1. The molecule has 6 heteroatoms. The van der Waals surface area contributed by atoms with E-state index in [9.17, 15) is 9.59 Å². The molecule has 0 spiro atoms. The van der Waals surface area contributed by atoms with Gasteiger partial charge < -0.3 is 14.5 Å². The van der Waals surface area contributed by atoms with Crippen molar-refractivity contribution in [2.75, 3.05) is 6.54 Å². The molecule has 6 nitrogen and oxygen atoms in total. The molecule has 0 unspecified atom stereocenters. The van der Waals surface area contributed by atoms with Crippen LogP contribution in [-0.2, 0) is 17.9 Å². The first-order chi connectivity index (χ1) is 14.0. The third-order valence-electron chi connectivity index (χ3n) is 5.26. The van der Waals surface area contributed by atoms with Gasteiger partial charge in [0.1, 0.15) is 12.4 Å². The summed E-state index contributed by atoms with van der Waals surface area (Å²) >= 11 is 0.